The fourth-order valence-corrected chi connectivity index (χ4v) is 2.51. The van der Waals surface area contributed by atoms with Crippen LogP contribution in [-0.2, 0) is 6.42 Å². The highest BCUT2D eigenvalue weighted by atomic mass is 16.1. The molecule has 0 radical (unpaired) electrons. The SMILES string of the molecule is CCCCNC(=O)c1cccc(Cc2cnc3cccnn23)c1. The molecule has 1 amide bonds. The molecule has 0 fully saturated rings. The number of amides is 1. The number of unbranched alkanes of at least 4 members (excludes halogenated alkanes) is 1. The van der Waals surface area contributed by atoms with E-state index in [9.17, 15) is 4.79 Å². The van der Waals surface area contributed by atoms with Crippen molar-refractivity contribution in [2.24, 2.45) is 0 Å². The zero-order valence-electron chi connectivity index (χ0n) is 13.2. The molecule has 0 aliphatic heterocycles. The van der Waals surface area contributed by atoms with Gasteiger partial charge in [0.1, 0.15) is 0 Å². The van der Waals surface area contributed by atoms with E-state index in [1.165, 1.54) is 0 Å². The number of benzene rings is 1. The molecular weight excluding hydrogens is 288 g/mol. The van der Waals surface area contributed by atoms with Crippen LogP contribution >= 0.6 is 0 Å². The molecule has 5 heteroatoms. The van der Waals surface area contributed by atoms with E-state index >= 15 is 0 Å². The highest BCUT2D eigenvalue weighted by molar-refractivity contribution is 5.94. The van der Waals surface area contributed by atoms with E-state index < -0.39 is 0 Å². The van der Waals surface area contributed by atoms with Crippen molar-refractivity contribution in [3.8, 4) is 0 Å². The minimum Gasteiger partial charge on any atom is -0.352 e. The summed E-state index contributed by atoms with van der Waals surface area (Å²) in [6, 6.07) is 11.5. The lowest BCUT2D eigenvalue weighted by Gasteiger charge is -2.06. The van der Waals surface area contributed by atoms with Crippen LogP contribution in [0.1, 0.15) is 41.4 Å². The molecule has 23 heavy (non-hydrogen) atoms. The van der Waals surface area contributed by atoms with Crippen molar-refractivity contribution in [2.45, 2.75) is 26.2 Å². The summed E-state index contributed by atoms with van der Waals surface area (Å²) in [4.78, 5) is 16.5. The Bertz CT molecular complexity index is 809. The molecule has 0 bridgehead atoms. The van der Waals surface area contributed by atoms with Crippen LogP contribution in [0.2, 0.25) is 0 Å². The van der Waals surface area contributed by atoms with Crippen LogP contribution < -0.4 is 5.32 Å². The van der Waals surface area contributed by atoms with Gasteiger partial charge in [-0.3, -0.25) is 4.79 Å². The Kier molecular flexibility index (Phi) is 4.66. The van der Waals surface area contributed by atoms with Crippen LogP contribution in [0.3, 0.4) is 0 Å². The number of nitrogens with one attached hydrogen (secondary N) is 1. The largest absolute Gasteiger partial charge is 0.352 e. The molecule has 118 valence electrons. The number of nitrogens with zero attached hydrogens (tertiary/aromatic N) is 3. The van der Waals surface area contributed by atoms with Crippen molar-refractivity contribution in [3.05, 3.63) is 65.6 Å². The molecule has 0 aliphatic rings. The molecule has 0 unspecified atom stereocenters. The summed E-state index contributed by atoms with van der Waals surface area (Å²) in [7, 11) is 0. The summed E-state index contributed by atoms with van der Waals surface area (Å²) in [5.74, 6) is -0.0171. The molecule has 0 saturated carbocycles. The molecule has 0 saturated heterocycles. The second-order valence-corrected chi connectivity index (χ2v) is 5.53. The van der Waals surface area contributed by atoms with Gasteiger partial charge in [0.25, 0.3) is 5.91 Å². The molecule has 2 heterocycles. The Labute approximate surface area is 135 Å². The van der Waals surface area contributed by atoms with Gasteiger partial charge < -0.3 is 5.32 Å². The van der Waals surface area contributed by atoms with Crippen molar-refractivity contribution in [1.29, 1.82) is 0 Å². The topological polar surface area (TPSA) is 59.3 Å². The second kappa shape index (κ2) is 7.05. The molecule has 0 atom stereocenters. The van der Waals surface area contributed by atoms with Gasteiger partial charge in [-0.2, -0.15) is 5.10 Å². The zero-order chi connectivity index (χ0) is 16.1. The number of hydrogen-bond acceptors (Lipinski definition) is 3. The number of hydrogen-bond donors (Lipinski definition) is 1. The van der Waals surface area contributed by atoms with Gasteiger partial charge in [-0.1, -0.05) is 25.5 Å². The second-order valence-electron chi connectivity index (χ2n) is 5.53. The monoisotopic (exact) mass is 308 g/mol. The lowest BCUT2D eigenvalue weighted by molar-refractivity contribution is 0.0953. The first-order valence-electron chi connectivity index (χ1n) is 7.92. The standard InChI is InChI=1S/C18H20N4O/c1-2-3-9-19-18(23)15-7-4-6-14(11-15)12-16-13-20-17-8-5-10-21-22(16)17/h4-8,10-11,13H,2-3,9,12H2,1H3,(H,19,23). The lowest BCUT2D eigenvalue weighted by atomic mass is 10.1. The van der Waals surface area contributed by atoms with Crippen molar-refractivity contribution in [2.75, 3.05) is 6.54 Å². The molecule has 3 aromatic rings. The maximum absolute atomic E-state index is 12.1. The Morgan fingerprint density at radius 1 is 1.26 bits per heavy atom. The minimum atomic E-state index is -0.0171. The van der Waals surface area contributed by atoms with Crippen LogP contribution in [0.4, 0.5) is 0 Å². The zero-order valence-corrected chi connectivity index (χ0v) is 13.2. The van der Waals surface area contributed by atoms with Gasteiger partial charge in [0.2, 0.25) is 0 Å². The first-order chi connectivity index (χ1) is 11.3. The maximum Gasteiger partial charge on any atom is 0.251 e. The maximum atomic E-state index is 12.1. The Balaban J connectivity index is 1.76. The van der Waals surface area contributed by atoms with E-state index in [1.807, 2.05) is 47.1 Å². The summed E-state index contributed by atoms with van der Waals surface area (Å²) in [6.07, 6.45) is 6.33. The summed E-state index contributed by atoms with van der Waals surface area (Å²) < 4.78 is 1.83. The van der Waals surface area contributed by atoms with Crippen LogP contribution in [-0.4, -0.2) is 27.0 Å². The van der Waals surface area contributed by atoms with Gasteiger partial charge in [0.15, 0.2) is 5.65 Å². The van der Waals surface area contributed by atoms with E-state index in [2.05, 4.69) is 22.3 Å². The molecule has 1 aromatic carbocycles. The molecule has 2 aromatic heterocycles. The van der Waals surface area contributed by atoms with E-state index in [-0.39, 0.29) is 5.91 Å². The predicted octanol–water partition coefficient (Wildman–Crippen LogP) is 2.85. The average Bonchev–Trinajstić information content (AvgIpc) is 2.98. The van der Waals surface area contributed by atoms with Gasteiger partial charge in [-0.15, -0.1) is 0 Å². The third-order valence-corrected chi connectivity index (χ3v) is 3.74. The van der Waals surface area contributed by atoms with E-state index in [4.69, 9.17) is 0 Å². The first-order valence-corrected chi connectivity index (χ1v) is 7.92. The Morgan fingerprint density at radius 2 is 2.17 bits per heavy atom. The molecule has 0 spiro atoms. The Morgan fingerprint density at radius 3 is 3.04 bits per heavy atom. The van der Waals surface area contributed by atoms with Gasteiger partial charge in [-0.25, -0.2) is 9.50 Å². The van der Waals surface area contributed by atoms with Gasteiger partial charge >= 0.3 is 0 Å². The van der Waals surface area contributed by atoms with Crippen LogP contribution in [0.5, 0.6) is 0 Å². The third kappa shape index (κ3) is 3.56. The van der Waals surface area contributed by atoms with Crippen LogP contribution in [0.25, 0.3) is 5.65 Å². The molecular formula is C18H20N4O. The lowest BCUT2D eigenvalue weighted by Crippen LogP contribution is -2.24. The van der Waals surface area contributed by atoms with Crippen molar-refractivity contribution < 1.29 is 4.79 Å². The van der Waals surface area contributed by atoms with E-state index in [0.29, 0.717) is 12.0 Å². The average molecular weight is 308 g/mol. The van der Waals surface area contributed by atoms with Gasteiger partial charge in [0, 0.05) is 24.7 Å². The summed E-state index contributed by atoms with van der Waals surface area (Å²) in [6.45, 7) is 2.83. The fraction of sp³-hybridized carbons (Fsp3) is 0.278. The van der Waals surface area contributed by atoms with E-state index in [1.54, 1.807) is 6.20 Å². The summed E-state index contributed by atoms with van der Waals surface area (Å²) in [5.41, 5.74) is 3.60. The predicted molar refractivity (Wildman–Crippen MR) is 89.5 cm³/mol. The van der Waals surface area contributed by atoms with E-state index in [0.717, 1.165) is 36.3 Å². The first kappa shape index (κ1) is 15.2. The van der Waals surface area contributed by atoms with Crippen LogP contribution in [0.15, 0.2) is 48.8 Å². The number of rotatable bonds is 6. The third-order valence-electron chi connectivity index (χ3n) is 3.74. The molecule has 5 nitrogen and oxygen atoms in total. The van der Waals surface area contributed by atoms with Gasteiger partial charge in [-0.05, 0) is 36.2 Å². The highest BCUT2D eigenvalue weighted by Crippen LogP contribution is 2.12. The number of fused-ring (bicyclic) bond motifs is 1. The molecule has 0 aliphatic carbocycles. The number of aromatic nitrogens is 3. The smallest absolute Gasteiger partial charge is 0.251 e. The quantitative estimate of drug-likeness (QED) is 0.712. The minimum absolute atomic E-state index is 0.0171. The number of imidazole rings is 1. The normalized spacial score (nSPS) is 10.8. The molecule has 1 N–H and O–H groups in total. The molecule has 3 rings (SSSR count). The summed E-state index contributed by atoms with van der Waals surface area (Å²) in [5, 5.41) is 7.27. The van der Waals surface area contributed by atoms with Crippen molar-refractivity contribution >= 4 is 11.6 Å². The number of carbonyl (C=O) groups is 1. The van der Waals surface area contributed by atoms with Crippen molar-refractivity contribution in [3.63, 3.8) is 0 Å². The fourth-order valence-electron chi connectivity index (χ4n) is 2.51. The van der Waals surface area contributed by atoms with Crippen molar-refractivity contribution in [1.82, 2.24) is 19.9 Å². The number of carbonyl (C=O) groups excluding carboxylic acids is 1. The van der Waals surface area contributed by atoms with Crippen LogP contribution in [0, 0.1) is 0 Å². The van der Waals surface area contributed by atoms with Gasteiger partial charge in [0.05, 0.1) is 11.9 Å². The summed E-state index contributed by atoms with van der Waals surface area (Å²) >= 11 is 0. The Hall–Kier alpha value is -2.69. The highest BCUT2D eigenvalue weighted by Gasteiger charge is 2.08.